The number of quaternary nitrogens is 1. The first-order valence-corrected chi connectivity index (χ1v) is 2.93. The summed E-state index contributed by atoms with van der Waals surface area (Å²) in [6, 6.07) is 0. The van der Waals surface area contributed by atoms with E-state index < -0.39 is 0 Å². The van der Waals surface area contributed by atoms with Gasteiger partial charge in [-0.3, -0.25) is 0 Å². The summed E-state index contributed by atoms with van der Waals surface area (Å²) >= 11 is 0. The minimum atomic E-state index is 0. The van der Waals surface area contributed by atoms with E-state index in [0.717, 1.165) is 0 Å². The summed E-state index contributed by atoms with van der Waals surface area (Å²) in [6.07, 6.45) is 4.60. The smallest absolute Gasteiger partial charge is 1.00 e. The average molecular weight is 659 g/mol. The molecule has 0 spiro atoms. The number of nitrogens with zero attached hydrogens (tertiary/aromatic N) is 1. The standard InChI is InChI=1S/C4H5FN2.C2H6.CH3.6Rb.H/c5-3-7-2-1-6-4-7;1-2;;;;;;;;/h1-4,7H;1-2H3;1H3;;;;;;;/q;;-1;6*+1;-1. The molecule has 1 rings (SSSR count). The Balaban J connectivity index is -0.00000000876. The summed E-state index contributed by atoms with van der Waals surface area (Å²) in [5, 5.41) is 0. The molecule has 0 amide bonds. The first kappa shape index (κ1) is 50.2. The maximum Gasteiger partial charge on any atom is 1.00 e. The van der Waals surface area contributed by atoms with Gasteiger partial charge in [-0.1, -0.05) is 13.8 Å². The van der Waals surface area contributed by atoms with Gasteiger partial charge in [-0.05, 0) is 0 Å². The van der Waals surface area contributed by atoms with Gasteiger partial charge < -0.3 is 18.1 Å². The van der Waals surface area contributed by atoms with Crippen molar-refractivity contribution in [2.24, 2.45) is 4.99 Å². The van der Waals surface area contributed by atoms with Crippen LogP contribution in [-0.4, -0.2) is 6.34 Å². The number of nitrogens with one attached hydrogen (secondary N) is 1. The first-order valence-electron chi connectivity index (χ1n) is 2.93. The molecular formula is C7H15FN2Rb6+4. The normalized spacial score (nSPS) is 12.1. The largest absolute Gasteiger partial charge is 1.00 e. The Bertz CT molecular complexity index is 119. The van der Waals surface area contributed by atoms with E-state index in [4.69, 9.17) is 0 Å². The maximum atomic E-state index is 11.4. The van der Waals surface area contributed by atoms with Crippen molar-refractivity contribution >= 4 is 6.34 Å². The van der Waals surface area contributed by atoms with Crippen molar-refractivity contribution in [1.82, 2.24) is 0 Å². The van der Waals surface area contributed by atoms with Gasteiger partial charge in [0.1, 0.15) is 0 Å². The minimum absolute atomic E-state index is 0. The van der Waals surface area contributed by atoms with Crippen LogP contribution in [0.15, 0.2) is 17.4 Å². The molecule has 2 nitrogen and oxygen atoms in total. The van der Waals surface area contributed by atoms with Crippen molar-refractivity contribution in [3.8, 4) is 0 Å². The van der Waals surface area contributed by atoms with Gasteiger partial charge >= 0.3 is 349 Å². The molecule has 1 heterocycles. The van der Waals surface area contributed by atoms with Gasteiger partial charge in [0.2, 0.25) is 0 Å². The van der Waals surface area contributed by atoms with Crippen LogP contribution in [0, 0.1) is 14.2 Å². The molecule has 0 aromatic rings. The molecule has 0 saturated carbocycles. The second-order valence-corrected chi connectivity index (χ2v) is 1.20. The van der Waals surface area contributed by atoms with E-state index in [0.29, 0.717) is 11.7 Å². The summed E-state index contributed by atoms with van der Waals surface area (Å²) < 4.78 is 11.4. The van der Waals surface area contributed by atoms with E-state index in [1.165, 1.54) is 6.34 Å². The zero-order valence-electron chi connectivity index (χ0n) is 13.6. The van der Waals surface area contributed by atoms with Crippen molar-refractivity contribution < 1.29 is 360 Å². The average Bonchev–Trinajstić information content (AvgIpc) is 2.43. The van der Waals surface area contributed by atoms with E-state index in [1.54, 1.807) is 12.4 Å². The van der Waals surface area contributed by atoms with Crippen molar-refractivity contribution in [2.75, 3.05) is 0 Å². The number of halogens is 1. The van der Waals surface area contributed by atoms with E-state index >= 15 is 0 Å². The Hall–Kier alpha value is 10.1. The molecule has 1 atom stereocenters. The van der Waals surface area contributed by atoms with Crippen molar-refractivity contribution in [1.29, 1.82) is 0 Å². The molecule has 0 fully saturated rings. The Morgan fingerprint density at radius 3 is 1.56 bits per heavy atom. The molecule has 0 aromatic carbocycles. The number of rotatable bonds is 1. The van der Waals surface area contributed by atoms with E-state index in [2.05, 4.69) is 4.99 Å². The molecule has 16 heavy (non-hydrogen) atoms. The van der Waals surface area contributed by atoms with Crippen LogP contribution in [0.4, 0.5) is 4.39 Å². The molecule has 1 aliphatic heterocycles. The van der Waals surface area contributed by atoms with Crippen molar-refractivity contribution in [3.05, 3.63) is 26.6 Å². The predicted octanol–water partition coefficient (Wildman–Crippen LogP) is -16.9. The van der Waals surface area contributed by atoms with Crippen LogP contribution < -0.4 is 354 Å². The van der Waals surface area contributed by atoms with Crippen molar-refractivity contribution in [2.45, 2.75) is 13.8 Å². The summed E-state index contributed by atoms with van der Waals surface area (Å²) in [5.41, 5.74) is 0. The number of hydrogen-bond donors (Lipinski definition) is 1. The van der Waals surface area contributed by atoms with Gasteiger partial charge in [-0.2, -0.15) is 0 Å². The van der Waals surface area contributed by atoms with Crippen LogP contribution >= 0.6 is 0 Å². The monoisotopic (exact) mass is 656 g/mol. The zero-order valence-corrected chi connectivity index (χ0v) is 42.1. The van der Waals surface area contributed by atoms with E-state index in [1.807, 2.05) is 13.8 Å². The fourth-order valence-corrected chi connectivity index (χ4v) is 0.366. The third-order valence-corrected chi connectivity index (χ3v) is 0.703. The minimum Gasteiger partial charge on any atom is -1.00 e. The molecule has 1 unspecified atom stereocenters. The number of hydrogen-bond acceptors (Lipinski definition) is 1. The Morgan fingerprint density at radius 2 is 1.44 bits per heavy atom. The molecule has 0 aromatic heterocycles. The fourth-order valence-electron chi connectivity index (χ4n) is 0.366. The molecule has 1 N–H and O–H groups in total. The van der Waals surface area contributed by atoms with Crippen LogP contribution in [0.2, 0.25) is 0 Å². The molecule has 0 radical (unpaired) electrons. The Kier molecular flexibility index (Phi) is 140. The van der Waals surface area contributed by atoms with Gasteiger partial charge in [0, 0.05) is 6.80 Å². The zero-order chi connectivity index (χ0) is 7.11. The van der Waals surface area contributed by atoms with Gasteiger partial charge in [0.05, 0.1) is 12.4 Å². The summed E-state index contributed by atoms with van der Waals surface area (Å²) in [6.45, 7) is 4.52. The molecule has 1 aliphatic rings. The fraction of sp³-hybridized carbons (Fsp3) is 0.286. The molecule has 0 bridgehead atoms. The van der Waals surface area contributed by atoms with Gasteiger partial charge in [0.25, 0.3) is 0 Å². The second-order valence-electron chi connectivity index (χ2n) is 1.20. The molecular weight excluding hydrogens is 644 g/mol. The molecule has 9 heteroatoms. The third-order valence-electron chi connectivity index (χ3n) is 0.703. The number of aliphatic imine (C=N–C) groups is 1. The van der Waals surface area contributed by atoms with E-state index in [9.17, 15) is 4.39 Å². The van der Waals surface area contributed by atoms with Crippen LogP contribution in [0.25, 0.3) is 0 Å². The van der Waals surface area contributed by atoms with Crippen LogP contribution in [0.3, 0.4) is 0 Å². The van der Waals surface area contributed by atoms with E-state index in [-0.39, 0.29) is 358 Å². The summed E-state index contributed by atoms with van der Waals surface area (Å²) in [5.74, 6) is 0. The summed E-state index contributed by atoms with van der Waals surface area (Å²) in [7, 11) is 0. The van der Waals surface area contributed by atoms with Crippen LogP contribution in [0.1, 0.15) is 15.3 Å². The molecule has 0 saturated heterocycles. The topological polar surface area (TPSA) is 16.8 Å². The first-order chi connectivity index (χ1) is 4.43. The maximum absolute atomic E-state index is 11.4. The van der Waals surface area contributed by atoms with Crippen LogP contribution in [0.5, 0.6) is 0 Å². The van der Waals surface area contributed by atoms with Gasteiger partial charge in [-0.15, -0.1) is 0 Å². The quantitative estimate of drug-likeness (QED) is 0.213. The molecule has 0 aliphatic carbocycles. The predicted molar refractivity (Wildman–Crippen MR) is 42.9 cm³/mol. The van der Waals surface area contributed by atoms with Crippen molar-refractivity contribution in [3.63, 3.8) is 0 Å². The summed E-state index contributed by atoms with van der Waals surface area (Å²) in [4.78, 5) is 4.15. The molecule has 62 valence electrons. The SMILES string of the molecule is CC.F[CH-][NH+]1C=CN=C1.[CH3-].[H-].[Rb+].[Rb+].[Rb+].[Rb+].[Rb+].[Rb+]. The second kappa shape index (κ2) is 44.5. The van der Waals surface area contributed by atoms with Gasteiger partial charge in [0.15, 0.2) is 6.34 Å². The third kappa shape index (κ3) is 35.3. The van der Waals surface area contributed by atoms with Crippen LogP contribution in [-0.2, 0) is 0 Å². The Morgan fingerprint density at radius 1 is 1.06 bits per heavy atom. The Labute approximate surface area is 395 Å². The van der Waals surface area contributed by atoms with Gasteiger partial charge in [-0.25, -0.2) is 4.99 Å².